The number of hydrogen-bond donors (Lipinski definition) is 0. The van der Waals surface area contributed by atoms with Gasteiger partial charge in [0.15, 0.2) is 0 Å². The molecule has 2 amide bonds. The summed E-state index contributed by atoms with van der Waals surface area (Å²) >= 11 is 0. The Balaban J connectivity index is 1.83. The largest absolute Gasteiger partial charge is 0.312 e. The monoisotopic (exact) mass is 350 g/mol. The SMILES string of the molecule is CCN(C(=O)C1CC(=O)N(c2cccc(C)c2C)C1)c1cccc(C)c1. The van der Waals surface area contributed by atoms with Crippen molar-refractivity contribution in [2.45, 2.75) is 34.1 Å². The molecular weight excluding hydrogens is 324 g/mol. The van der Waals surface area contributed by atoms with Gasteiger partial charge in [0.05, 0.1) is 5.92 Å². The summed E-state index contributed by atoms with van der Waals surface area (Å²) in [5.41, 5.74) is 5.19. The molecule has 26 heavy (non-hydrogen) atoms. The van der Waals surface area contributed by atoms with E-state index in [4.69, 9.17) is 0 Å². The molecule has 2 aromatic rings. The van der Waals surface area contributed by atoms with Crippen LogP contribution in [0.4, 0.5) is 11.4 Å². The molecule has 1 aliphatic heterocycles. The Morgan fingerprint density at radius 2 is 1.88 bits per heavy atom. The summed E-state index contributed by atoms with van der Waals surface area (Å²) in [6.07, 6.45) is 0.272. The van der Waals surface area contributed by atoms with E-state index in [-0.39, 0.29) is 24.2 Å². The van der Waals surface area contributed by atoms with Gasteiger partial charge in [0.1, 0.15) is 0 Å². The van der Waals surface area contributed by atoms with Crippen molar-refractivity contribution in [2.75, 3.05) is 22.9 Å². The summed E-state index contributed by atoms with van der Waals surface area (Å²) < 4.78 is 0. The highest BCUT2D eigenvalue weighted by Crippen LogP contribution is 2.31. The van der Waals surface area contributed by atoms with Crippen LogP contribution in [0.15, 0.2) is 42.5 Å². The van der Waals surface area contributed by atoms with Crippen LogP contribution in [0.3, 0.4) is 0 Å². The number of aryl methyl sites for hydroxylation is 2. The van der Waals surface area contributed by atoms with Crippen molar-refractivity contribution >= 4 is 23.2 Å². The molecule has 0 N–H and O–H groups in total. The molecule has 1 aliphatic rings. The second kappa shape index (κ2) is 7.32. The summed E-state index contributed by atoms with van der Waals surface area (Å²) in [7, 11) is 0. The van der Waals surface area contributed by atoms with E-state index in [2.05, 4.69) is 0 Å². The zero-order valence-corrected chi connectivity index (χ0v) is 16.0. The van der Waals surface area contributed by atoms with Gasteiger partial charge >= 0.3 is 0 Å². The standard InChI is InChI=1S/C22H26N2O2/c1-5-23(19-10-6-8-15(2)12-19)22(26)18-13-21(25)24(14-18)20-11-7-9-16(3)17(20)4/h6-12,18H,5,13-14H2,1-4H3. The minimum absolute atomic E-state index is 0.0253. The molecule has 3 rings (SSSR count). The van der Waals surface area contributed by atoms with E-state index in [1.807, 2.05) is 70.2 Å². The van der Waals surface area contributed by atoms with Crippen LogP contribution in [0.25, 0.3) is 0 Å². The fourth-order valence-corrected chi connectivity index (χ4v) is 3.62. The van der Waals surface area contributed by atoms with Crippen LogP contribution in [0.5, 0.6) is 0 Å². The molecule has 4 nitrogen and oxygen atoms in total. The maximum absolute atomic E-state index is 13.1. The van der Waals surface area contributed by atoms with Crippen molar-refractivity contribution in [3.05, 3.63) is 59.2 Å². The van der Waals surface area contributed by atoms with E-state index in [0.29, 0.717) is 13.1 Å². The van der Waals surface area contributed by atoms with Gasteiger partial charge in [-0.15, -0.1) is 0 Å². The molecule has 1 saturated heterocycles. The molecule has 2 aromatic carbocycles. The molecule has 4 heteroatoms. The Hall–Kier alpha value is -2.62. The first-order chi connectivity index (χ1) is 12.4. The second-order valence-electron chi connectivity index (χ2n) is 7.05. The lowest BCUT2D eigenvalue weighted by atomic mass is 10.1. The molecule has 0 aliphatic carbocycles. The van der Waals surface area contributed by atoms with E-state index in [1.54, 1.807) is 9.80 Å². The van der Waals surface area contributed by atoms with Gasteiger partial charge in [0.2, 0.25) is 11.8 Å². The van der Waals surface area contributed by atoms with E-state index in [0.717, 1.165) is 28.1 Å². The summed E-state index contributed by atoms with van der Waals surface area (Å²) in [6.45, 7) is 9.10. The number of nitrogens with zero attached hydrogens (tertiary/aromatic N) is 2. The highest BCUT2D eigenvalue weighted by molar-refractivity contribution is 6.04. The third kappa shape index (κ3) is 3.36. The average molecular weight is 350 g/mol. The molecule has 0 saturated carbocycles. The second-order valence-corrected chi connectivity index (χ2v) is 7.05. The van der Waals surface area contributed by atoms with Crippen LogP contribution in [0.1, 0.15) is 30.0 Å². The van der Waals surface area contributed by atoms with Gasteiger partial charge in [0, 0.05) is 30.9 Å². The van der Waals surface area contributed by atoms with Gasteiger partial charge in [-0.05, 0) is 62.6 Å². The Bertz CT molecular complexity index is 844. The summed E-state index contributed by atoms with van der Waals surface area (Å²) in [5, 5.41) is 0. The first-order valence-electron chi connectivity index (χ1n) is 9.17. The quantitative estimate of drug-likeness (QED) is 0.836. The zero-order chi connectivity index (χ0) is 18.8. The Morgan fingerprint density at radius 3 is 2.58 bits per heavy atom. The summed E-state index contributed by atoms with van der Waals surface area (Å²) in [6, 6.07) is 13.9. The van der Waals surface area contributed by atoms with Gasteiger partial charge in [-0.1, -0.05) is 24.3 Å². The molecule has 1 atom stereocenters. The fraction of sp³-hybridized carbons (Fsp3) is 0.364. The minimum atomic E-state index is -0.303. The highest BCUT2D eigenvalue weighted by Gasteiger charge is 2.37. The lowest BCUT2D eigenvalue weighted by Crippen LogP contribution is -2.37. The number of hydrogen-bond acceptors (Lipinski definition) is 2. The molecule has 1 fully saturated rings. The molecule has 0 spiro atoms. The van der Waals surface area contributed by atoms with Crippen LogP contribution in [-0.4, -0.2) is 24.9 Å². The maximum Gasteiger partial charge on any atom is 0.232 e. The van der Waals surface area contributed by atoms with E-state index >= 15 is 0 Å². The number of benzene rings is 2. The van der Waals surface area contributed by atoms with Crippen molar-refractivity contribution in [2.24, 2.45) is 5.92 Å². The van der Waals surface area contributed by atoms with E-state index in [1.165, 1.54) is 0 Å². The summed E-state index contributed by atoms with van der Waals surface area (Å²) in [4.78, 5) is 29.3. The number of rotatable bonds is 4. The van der Waals surface area contributed by atoms with Gasteiger partial charge in [-0.2, -0.15) is 0 Å². The third-order valence-corrected chi connectivity index (χ3v) is 5.24. The van der Waals surface area contributed by atoms with Gasteiger partial charge in [-0.3, -0.25) is 9.59 Å². The van der Waals surface area contributed by atoms with Crippen LogP contribution in [0, 0.1) is 26.7 Å². The third-order valence-electron chi connectivity index (χ3n) is 5.24. The lowest BCUT2D eigenvalue weighted by molar-refractivity contribution is -0.124. The van der Waals surface area contributed by atoms with Crippen LogP contribution >= 0.6 is 0 Å². The van der Waals surface area contributed by atoms with E-state index in [9.17, 15) is 9.59 Å². The van der Waals surface area contributed by atoms with Gasteiger partial charge in [0.25, 0.3) is 0 Å². The normalized spacial score (nSPS) is 16.8. The van der Waals surface area contributed by atoms with Crippen LogP contribution in [0.2, 0.25) is 0 Å². The zero-order valence-electron chi connectivity index (χ0n) is 16.0. The molecular formula is C22H26N2O2. The first-order valence-corrected chi connectivity index (χ1v) is 9.17. The Morgan fingerprint density at radius 1 is 1.15 bits per heavy atom. The molecule has 1 unspecified atom stereocenters. The Kier molecular flexibility index (Phi) is 5.12. The maximum atomic E-state index is 13.1. The van der Waals surface area contributed by atoms with Crippen molar-refractivity contribution in [3.8, 4) is 0 Å². The van der Waals surface area contributed by atoms with Crippen LogP contribution < -0.4 is 9.80 Å². The Labute approximate surface area is 155 Å². The number of amides is 2. The number of carbonyl (C=O) groups excluding carboxylic acids is 2. The number of anilines is 2. The molecule has 0 bridgehead atoms. The topological polar surface area (TPSA) is 40.6 Å². The molecule has 0 aromatic heterocycles. The molecule has 136 valence electrons. The van der Waals surface area contributed by atoms with Crippen molar-refractivity contribution < 1.29 is 9.59 Å². The van der Waals surface area contributed by atoms with Crippen molar-refractivity contribution in [3.63, 3.8) is 0 Å². The number of carbonyl (C=O) groups is 2. The minimum Gasteiger partial charge on any atom is -0.312 e. The first kappa shape index (κ1) is 18.2. The summed E-state index contributed by atoms with van der Waals surface area (Å²) in [5.74, 6) is -0.250. The highest BCUT2D eigenvalue weighted by atomic mass is 16.2. The van der Waals surface area contributed by atoms with Crippen molar-refractivity contribution in [1.29, 1.82) is 0 Å². The molecule has 1 heterocycles. The van der Waals surface area contributed by atoms with E-state index < -0.39 is 0 Å². The van der Waals surface area contributed by atoms with Crippen LogP contribution in [-0.2, 0) is 9.59 Å². The molecule has 0 radical (unpaired) electrons. The average Bonchev–Trinajstić information content (AvgIpc) is 3.00. The fourth-order valence-electron chi connectivity index (χ4n) is 3.62. The van der Waals surface area contributed by atoms with Gasteiger partial charge in [-0.25, -0.2) is 0 Å². The lowest BCUT2D eigenvalue weighted by Gasteiger charge is -2.25. The van der Waals surface area contributed by atoms with Crippen molar-refractivity contribution in [1.82, 2.24) is 0 Å². The predicted octanol–water partition coefficient (Wildman–Crippen LogP) is 4.02. The van der Waals surface area contributed by atoms with Gasteiger partial charge < -0.3 is 9.80 Å². The smallest absolute Gasteiger partial charge is 0.232 e. The predicted molar refractivity (Wildman–Crippen MR) is 106 cm³/mol.